The van der Waals surface area contributed by atoms with Crippen LogP contribution in [0.4, 0.5) is 0 Å². The first-order chi connectivity index (χ1) is 5.05. The molecule has 0 bridgehead atoms. The normalized spacial score (nSPS) is 30.5. The highest BCUT2D eigenvalue weighted by molar-refractivity contribution is 4.90. The van der Waals surface area contributed by atoms with Crippen LogP contribution in [0.3, 0.4) is 0 Å². The summed E-state index contributed by atoms with van der Waals surface area (Å²) in [6, 6.07) is 0.723. The summed E-state index contributed by atoms with van der Waals surface area (Å²) in [6.45, 7) is 7.60. The van der Waals surface area contributed by atoms with Crippen molar-refractivity contribution in [3.05, 3.63) is 0 Å². The van der Waals surface area contributed by atoms with Gasteiger partial charge in [-0.05, 0) is 12.3 Å². The fraction of sp³-hybridized carbons (Fsp3) is 1.00. The first-order valence-corrected chi connectivity index (χ1v) is 4.39. The average Bonchev–Trinajstić information content (AvgIpc) is 2.63. The van der Waals surface area contributed by atoms with Gasteiger partial charge in [0.25, 0.3) is 0 Å². The third-order valence-electron chi connectivity index (χ3n) is 2.38. The van der Waals surface area contributed by atoms with Gasteiger partial charge < -0.3 is 10.4 Å². The van der Waals surface area contributed by atoms with Crippen molar-refractivity contribution < 1.29 is 5.11 Å². The molecule has 1 rings (SSSR count). The lowest BCUT2D eigenvalue weighted by Gasteiger charge is -2.21. The lowest BCUT2D eigenvalue weighted by Crippen LogP contribution is -2.33. The Hall–Kier alpha value is -0.0800. The van der Waals surface area contributed by atoms with Crippen molar-refractivity contribution in [2.24, 2.45) is 11.3 Å². The van der Waals surface area contributed by atoms with Crippen LogP contribution in [0.25, 0.3) is 0 Å². The molecule has 1 fully saturated rings. The Balaban J connectivity index is 2.11. The maximum absolute atomic E-state index is 8.95. The van der Waals surface area contributed by atoms with E-state index in [9.17, 15) is 0 Å². The van der Waals surface area contributed by atoms with Crippen molar-refractivity contribution in [2.45, 2.75) is 33.2 Å². The Morgan fingerprint density at radius 2 is 2.09 bits per heavy atom. The van der Waals surface area contributed by atoms with Crippen molar-refractivity contribution in [2.75, 3.05) is 13.2 Å². The number of nitrogens with one attached hydrogen (secondary N) is 1. The van der Waals surface area contributed by atoms with Gasteiger partial charge in [-0.1, -0.05) is 20.8 Å². The van der Waals surface area contributed by atoms with Crippen LogP contribution in [0.2, 0.25) is 0 Å². The van der Waals surface area contributed by atoms with Gasteiger partial charge >= 0.3 is 0 Å². The second kappa shape index (κ2) is 3.11. The topological polar surface area (TPSA) is 32.3 Å². The molecule has 0 aromatic heterocycles. The van der Waals surface area contributed by atoms with Crippen molar-refractivity contribution in [1.82, 2.24) is 5.32 Å². The van der Waals surface area contributed by atoms with E-state index in [0.717, 1.165) is 18.5 Å². The quantitative estimate of drug-likeness (QED) is 0.638. The fourth-order valence-electron chi connectivity index (χ4n) is 1.07. The lowest BCUT2D eigenvalue weighted by molar-refractivity contribution is 0.156. The zero-order chi connectivity index (χ0) is 8.48. The summed E-state index contributed by atoms with van der Waals surface area (Å²) in [5, 5.41) is 12.4. The van der Waals surface area contributed by atoms with E-state index in [2.05, 4.69) is 26.1 Å². The van der Waals surface area contributed by atoms with Gasteiger partial charge in [-0.2, -0.15) is 0 Å². The van der Waals surface area contributed by atoms with Gasteiger partial charge in [0.1, 0.15) is 0 Å². The van der Waals surface area contributed by atoms with Crippen LogP contribution in [0.1, 0.15) is 27.2 Å². The first kappa shape index (κ1) is 9.01. The predicted octanol–water partition coefficient (Wildman–Crippen LogP) is 1.00. The molecule has 0 aromatic carbocycles. The molecule has 11 heavy (non-hydrogen) atoms. The molecular formula is C9H19NO. The monoisotopic (exact) mass is 157 g/mol. The number of aliphatic hydroxyl groups excluding tert-OH is 1. The van der Waals surface area contributed by atoms with Crippen LogP contribution in [0, 0.1) is 11.3 Å². The summed E-state index contributed by atoms with van der Waals surface area (Å²) in [4.78, 5) is 0. The number of aliphatic hydroxyl groups is 1. The number of hydrogen-bond donors (Lipinski definition) is 2. The summed E-state index contributed by atoms with van der Waals surface area (Å²) in [7, 11) is 0. The minimum Gasteiger partial charge on any atom is -0.396 e. The van der Waals surface area contributed by atoms with Gasteiger partial charge in [-0.3, -0.25) is 0 Å². The first-order valence-electron chi connectivity index (χ1n) is 4.39. The van der Waals surface area contributed by atoms with E-state index in [4.69, 9.17) is 5.11 Å². The van der Waals surface area contributed by atoms with Crippen LogP contribution in [-0.2, 0) is 0 Å². The third-order valence-corrected chi connectivity index (χ3v) is 2.38. The maximum atomic E-state index is 8.95. The molecule has 2 unspecified atom stereocenters. The molecule has 0 saturated heterocycles. The second-order valence-corrected chi connectivity index (χ2v) is 4.52. The molecular weight excluding hydrogens is 138 g/mol. The maximum Gasteiger partial charge on any atom is 0.0494 e. The molecule has 0 heterocycles. The van der Waals surface area contributed by atoms with Gasteiger partial charge in [0, 0.05) is 24.6 Å². The highest BCUT2D eigenvalue weighted by atomic mass is 16.3. The Morgan fingerprint density at radius 3 is 2.45 bits per heavy atom. The van der Waals surface area contributed by atoms with Crippen molar-refractivity contribution in [1.29, 1.82) is 0 Å². The minimum absolute atomic E-state index is 0.0440. The van der Waals surface area contributed by atoms with Crippen LogP contribution in [0.5, 0.6) is 0 Å². The molecule has 2 heteroatoms. The van der Waals surface area contributed by atoms with Gasteiger partial charge in [-0.25, -0.2) is 0 Å². The summed E-state index contributed by atoms with van der Waals surface area (Å²) in [5.74, 6) is 0.851. The molecule has 0 aromatic rings. The van der Waals surface area contributed by atoms with Crippen LogP contribution in [0.15, 0.2) is 0 Å². The molecule has 2 N–H and O–H groups in total. The van der Waals surface area contributed by atoms with Gasteiger partial charge in [-0.15, -0.1) is 0 Å². The molecule has 66 valence electrons. The average molecular weight is 157 g/mol. The third kappa shape index (κ3) is 2.80. The van der Waals surface area contributed by atoms with Crippen molar-refractivity contribution in [3.8, 4) is 0 Å². The minimum atomic E-state index is 0.0440. The van der Waals surface area contributed by atoms with E-state index in [1.807, 2.05) is 0 Å². The van der Waals surface area contributed by atoms with E-state index in [-0.39, 0.29) is 12.0 Å². The summed E-state index contributed by atoms with van der Waals surface area (Å²) >= 11 is 0. The zero-order valence-electron chi connectivity index (χ0n) is 7.72. The van der Waals surface area contributed by atoms with E-state index in [0.29, 0.717) is 0 Å². The van der Waals surface area contributed by atoms with E-state index >= 15 is 0 Å². The SMILES string of the molecule is CC1CC1NCC(C)(C)CO. The summed E-state index contributed by atoms with van der Waals surface area (Å²) < 4.78 is 0. The highest BCUT2D eigenvalue weighted by Crippen LogP contribution is 2.29. The largest absolute Gasteiger partial charge is 0.396 e. The van der Waals surface area contributed by atoms with Gasteiger partial charge in [0.15, 0.2) is 0 Å². The Bertz CT molecular complexity index is 134. The van der Waals surface area contributed by atoms with Crippen LogP contribution in [-0.4, -0.2) is 24.3 Å². The molecule has 0 radical (unpaired) electrons. The Kier molecular flexibility index (Phi) is 2.55. The molecule has 1 saturated carbocycles. The Labute approximate surface area is 69.0 Å². The highest BCUT2D eigenvalue weighted by Gasteiger charge is 2.33. The van der Waals surface area contributed by atoms with Gasteiger partial charge in [0.2, 0.25) is 0 Å². The zero-order valence-corrected chi connectivity index (χ0v) is 7.72. The molecule has 0 aliphatic heterocycles. The molecule has 2 atom stereocenters. The Morgan fingerprint density at radius 1 is 1.55 bits per heavy atom. The van der Waals surface area contributed by atoms with E-state index in [1.165, 1.54) is 6.42 Å². The van der Waals surface area contributed by atoms with E-state index in [1.54, 1.807) is 0 Å². The lowest BCUT2D eigenvalue weighted by atomic mass is 9.95. The van der Waals surface area contributed by atoms with Crippen LogP contribution >= 0.6 is 0 Å². The molecule has 0 spiro atoms. The summed E-state index contributed by atoms with van der Waals surface area (Å²) in [6.07, 6.45) is 1.31. The smallest absolute Gasteiger partial charge is 0.0494 e. The van der Waals surface area contributed by atoms with Crippen molar-refractivity contribution >= 4 is 0 Å². The molecule has 1 aliphatic carbocycles. The predicted molar refractivity (Wildman–Crippen MR) is 46.4 cm³/mol. The number of hydrogen-bond acceptors (Lipinski definition) is 2. The van der Waals surface area contributed by atoms with Crippen LogP contribution < -0.4 is 5.32 Å². The van der Waals surface area contributed by atoms with E-state index < -0.39 is 0 Å². The fourth-order valence-corrected chi connectivity index (χ4v) is 1.07. The summed E-state index contributed by atoms with van der Waals surface area (Å²) in [5.41, 5.74) is 0.0440. The molecule has 1 aliphatic rings. The standard InChI is InChI=1S/C9H19NO/c1-7-4-8(7)10-5-9(2,3)6-11/h7-8,10-11H,4-6H2,1-3H3. The molecule has 0 amide bonds. The number of rotatable bonds is 4. The second-order valence-electron chi connectivity index (χ2n) is 4.52. The van der Waals surface area contributed by atoms with Gasteiger partial charge in [0.05, 0.1) is 0 Å². The van der Waals surface area contributed by atoms with Crippen molar-refractivity contribution in [3.63, 3.8) is 0 Å². The molecule has 2 nitrogen and oxygen atoms in total.